The van der Waals surface area contributed by atoms with E-state index in [0.717, 1.165) is 0 Å². The molecule has 0 bridgehead atoms. The normalized spacial score (nSPS) is 20.7. The number of nitrogens with two attached hydrogens (primary N) is 1. The van der Waals surface area contributed by atoms with Crippen LogP contribution in [-0.4, -0.2) is 19.6 Å². The van der Waals surface area contributed by atoms with Crippen molar-refractivity contribution < 1.29 is 9.53 Å². The number of rotatable bonds is 4. The van der Waals surface area contributed by atoms with E-state index >= 15 is 0 Å². The van der Waals surface area contributed by atoms with E-state index in [1.54, 1.807) is 0 Å². The van der Waals surface area contributed by atoms with Gasteiger partial charge in [0, 0.05) is 6.42 Å². The van der Waals surface area contributed by atoms with Crippen molar-refractivity contribution in [3.05, 3.63) is 0 Å². The monoisotopic (exact) mass is 213 g/mol. The molecular weight excluding hydrogens is 190 g/mol. The zero-order chi connectivity index (χ0) is 11.1. The number of methoxy groups -OCH3 is 1. The van der Waals surface area contributed by atoms with Crippen LogP contribution in [0.4, 0.5) is 0 Å². The van der Waals surface area contributed by atoms with Gasteiger partial charge >= 0.3 is 5.97 Å². The molecule has 1 aliphatic carbocycles. The van der Waals surface area contributed by atoms with Crippen molar-refractivity contribution in [1.29, 1.82) is 0 Å². The molecule has 3 heteroatoms. The van der Waals surface area contributed by atoms with Crippen LogP contribution < -0.4 is 5.73 Å². The quantitative estimate of drug-likeness (QED) is 0.574. The Morgan fingerprint density at radius 3 is 2.40 bits per heavy atom. The minimum Gasteiger partial charge on any atom is -0.469 e. The molecule has 15 heavy (non-hydrogen) atoms. The van der Waals surface area contributed by atoms with Crippen LogP contribution in [0.25, 0.3) is 0 Å². The lowest BCUT2D eigenvalue weighted by molar-refractivity contribution is -0.142. The molecule has 1 aliphatic rings. The highest BCUT2D eigenvalue weighted by Gasteiger charge is 2.24. The lowest BCUT2D eigenvalue weighted by atomic mass is 9.84. The molecule has 0 amide bonds. The fraction of sp³-hybridized carbons (Fsp3) is 0.917. The van der Waals surface area contributed by atoms with Gasteiger partial charge in [0.05, 0.1) is 7.11 Å². The Kier molecular flexibility index (Phi) is 5.69. The van der Waals surface area contributed by atoms with Crippen LogP contribution in [0.2, 0.25) is 0 Å². The van der Waals surface area contributed by atoms with Gasteiger partial charge in [-0.15, -0.1) is 0 Å². The smallest absolute Gasteiger partial charge is 0.305 e. The van der Waals surface area contributed by atoms with Gasteiger partial charge in [-0.3, -0.25) is 4.79 Å². The first-order valence-electron chi connectivity index (χ1n) is 6.04. The second-order valence-corrected chi connectivity index (χ2v) is 4.53. The van der Waals surface area contributed by atoms with Crippen LogP contribution in [0, 0.1) is 11.8 Å². The van der Waals surface area contributed by atoms with Crippen LogP contribution in [0.5, 0.6) is 0 Å². The number of carbonyl (C=O) groups excluding carboxylic acids is 1. The first-order chi connectivity index (χ1) is 7.27. The van der Waals surface area contributed by atoms with E-state index in [9.17, 15) is 4.79 Å². The summed E-state index contributed by atoms with van der Waals surface area (Å²) in [6, 6.07) is 0. The number of hydrogen-bond donors (Lipinski definition) is 1. The summed E-state index contributed by atoms with van der Waals surface area (Å²) < 4.78 is 4.71. The van der Waals surface area contributed by atoms with E-state index in [0.29, 0.717) is 24.8 Å². The van der Waals surface area contributed by atoms with E-state index in [1.807, 2.05) is 0 Å². The van der Waals surface area contributed by atoms with Crippen molar-refractivity contribution >= 4 is 5.97 Å². The van der Waals surface area contributed by atoms with E-state index in [4.69, 9.17) is 10.5 Å². The third-order valence-electron chi connectivity index (χ3n) is 3.53. The number of hydrogen-bond acceptors (Lipinski definition) is 3. The van der Waals surface area contributed by atoms with E-state index in [-0.39, 0.29) is 5.97 Å². The van der Waals surface area contributed by atoms with E-state index < -0.39 is 0 Å². The number of ether oxygens (including phenoxy) is 1. The first kappa shape index (κ1) is 12.5. The fourth-order valence-electron chi connectivity index (χ4n) is 2.52. The van der Waals surface area contributed by atoms with Crippen molar-refractivity contribution in [2.45, 2.75) is 44.9 Å². The van der Waals surface area contributed by atoms with Crippen LogP contribution in [0.15, 0.2) is 0 Å². The third kappa shape index (κ3) is 4.20. The van der Waals surface area contributed by atoms with Gasteiger partial charge in [-0.25, -0.2) is 0 Å². The first-order valence-corrected chi connectivity index (χ1v) is 6.04. The largest absolute Gasteiger partial charge is 0.469 e. The van der Waals surface area contributed by atoms with Gasteiger partial charge in [-0.2, -0.15) is 0 Å². The zero-order valence-electron chi connectivity index (χ0n) is 9.71. The molecule has 0 unspecified atom stereocenters. The lowest BCUT2D eigenvalue weighted by Gasteiger charge is -2.23. The summed E-state index contributed by atoms with van der Waals surface area (Å²) in [4.78, 5) is 11.2. The molecule has 1 saturated carbocycles. The lowest BCUT2D eigenvalue weighted by Crippen LogP contribution is -2.26. The van der Waals surface area contributed by atoms with Gasteiger partial charge in [-0.05, 0) is 18.4 Å². The summed E-state index contributed by atoms with van der Waals surface area (Å²) in [5.74, 6) is 0.849. The summed E-state index contributed by atoms with van der Waals surface area (Å²) >= 11 is 0. The van der Waals surface area contributed by atoms with Crippen molar-refractivity contribution in [2.24, 2.45) is 17.6 Å². The molecule has 1 atom stereocenters. The average Bonchev–Trinajstić information content (AvgIpc) is 2.54. The number of esters is 1. The molecule has 3 nitrogen and oxygen atoms in total. The Morgan fingerprint density at radius 2 is 1.93 bits per heavy atom. The second kappa shape index (κ2) is 6.83. The SMILES string of the molecule is COC(=O)C[C@H](CN)C1CCCCCC1. The molecule has 0 heterocycles. The van der Waals surface area contributed by atoms with E-state index in [2.05, 4.69) is 0 Å². The predicted octanol–water partition coefficient (Wildman–Crippen LogP) is 2.09. The van der Waals surface area contributed by atoms with Crippen LogP contribution in [0.3, 0.4) is 0 Å². The molecule has 0 aromatic carbocycles. The molecule has 0 aromatic rings. The van der Waals surface area contributed by atoms with Crippen LogP contribution in [-0.2, 0) is 9.53 Å². The third-order valence-corrected chi connectivity index (χ3v) is 3.53. The number of carbonyl (C=O) groups is 1. The molecular formula is C12H23NO2. The fourth-order valence-corrected chi connectivity index (χ4v) is 2.52. The highest BCUT2D eigenvalue weighted by atomic mass is 16.5. The van der Waals surface area contributed by atoms with Gasteiger partial charge in [0.1, 0.15) is 0 Å². The second-order valence-electron chi connectivity index (χ2n) is 4.53. The Labute approximate surface area is 92.4 Å². The highest BCUT2D eigenvalue weighted by molar-refractivity contribution is 5.69. The average molecular weight is 213 g/mol. The Morgan fingerprint density at radius 1 is 1.33 bits per heavy atom. The molecule has 0 aliphatic heterocycles. The highest BCUT2D eigenvalue weighted by Crippen LogP contribution is 2.30. The maximum Gasteiger partial charge on any atom is 0.305 e. The van der Waals surface area contributed by atoms with Crippen LogP contribution >= 0.6 is 0 Å². The molecule has 2 N–H and O–H groups in total. The van der Waals surface area contributed by atoms with Gasteiger partial charge in [0.2, 0.25) is 0 Å². The summed E-state index contributed by atoms with van der Waals surface area (Å²) in [7, 11) is 1.45. The van der Waals surface area contributed by atoms with Crippen molar-refractivity contribution in [3.63, 3.8) is 0 Å². The van der Waals surface area contributed by atoms with Gasteiger partial charge in [0.15, 0.2) is 0 Å². The topological polar surface area (TPSA) is 52.3 Å². The van der Waals surface area contributed by atoms with Crippen molar-refractivity contribution in [1.82, 2.24) is 0 Å². The van der Waals surface area contributed by atoms with Crippen molar-refractivity contribution in [2.75, 3.05) is 13.7 Å². The summed E-state index contributed by atoms with van der Waals surface area (Å²) in [6.07, 6.45) is 8.23. The van der Waals surface area contributed by atoms with Crippen molar-refractivity contribution in [3.8, 4) is 0 Å². The molecule has 0 aromatic heterocycles. The molecule has 88 valence electrons. The van der Waals surface area contributed by atoms with Gasteiger partial charge in [-0.1, -0.05) is 38.5 Å². The zero-order valence-corrected chi connectivity index (χ0v) is 9.71. The van der Waals surface area contributed by atoms with Gasteiger partial charge < -0.3 is 10.5 Å². The maximum absolute atomic E-state index is 11.2. The minimum absolute atomic E-state index is 0.116. The van der Waals surface area contributed by atoms with Crippen LogP contribution in [0.1, 0.15) is 44.9 Å². The Balaban J connectivity index is 2.44. The molecule has 0 spiro atoms. The maximum atomic E-state index is 11.2. The molecule has 0 saturated heterocycles. The summed E-state index contributed by atoms with van der Waals surface area (Å²) in [5, 5.41) is 0. The molecule has 0 radical (unpaired) electrons. The molecule has 1 fully saturated rings. The minimum atomic E-state index is -0.116. The Bertz CT molecular complexity index is 186. The standard InChI is InChI=1S/C12H23NO2/c1-15-12(14)8-11(9-13)10-6-4-2-3-5-7-10/h10-11H,2-9,13H2,1H3/t11-/m1/s1. The molecule has 1 rings (SSSR count). The van der Waals surface area contributed by atoms with E-state index in [1.165, 1.54) is 45.6 Å². The predicted molar refractivity (Wildman–Crippen MR) is 60.4 cm³/mol. The van der Waals surface area contributed by atoms with Gasteiger partial charge in [0.25, 0.3) is 0 Å². The summed E-state index contributed by atoms with van der Waals surface area (Å²) in [5.41, 5.74) is 5.75. The summed E-state index contributed by atoms with van der Waals surface area (Å²) in [6.45, 7) is 0.611. The Hall–Kier alpha value is -0.570.